The molecule has 4 nitrogen and oxygen atoms in total. The van der Waals surface area contributed by atoms with Crippen molar-refractivity contribution in [1.82, 2.24) is 4.57 Å². The number of esters is 1. The van der Waals surface area contributed by atoms with Crippen LogP contribution in [-0.4, -0.2) is 30.9 Å². The molecule has 23 heavy (non-hydrogen) atoms. The molecule has 2 aromatic carbocycles. The number of carbonyl (C=O) groups excluding carboxylic acids is 1. The summed E-state index contributed by atoms with van der Waals surface area (Å²) in [6.45, 7) is 2.90. The summed E-state index contributed by atoms with van der Waals surface area (Å²) in [5.41, 5.74) is 2.80. The standard InChI is InChI=1S/C19H21NO3/c1-13(22-2)10-11-20-17-7-5-4-6-15(17)16-9-8-14(12-18(16)20)19(21)23-3/h4-9,12-13H,10-11H2,1-3H3. The van der Waals surface area contributed by atoms with Crippen molar-refractivity contribution in [3.8, 4) is 0 Å². The minimum Gasteiger partial charge on any atom is -0.465 e. The van der Waals surface area contributed by atoms with Gasteiger partial charge in [0.05, 0.1) is 18.8 Å². The third-order valence-electron chi connectivity index (χ3n) is 4.36. The quantitative estimate of drug-likeness (QED) is 0.669. The molecule has 0 aliphatic carbocycles. The summed E-state index contributed by atoms with van der Waals surface area (Å²) in [5, 5.41) is 2.35. The van der Waals surface area contributed by atoms with Gasteiger partial charge in [0.1, 0.15) is 0 Å². The Balaban J connectivity index is 2.17. The fourth-order valence-corrected chi connectivity index (χ4v) is 2.96. The molecule has 0 N–H and O–H groups in total. The number of rotatable bonds is 5. The van der Waals surface area contributed by atoms with Crippen molar-refractivity contribution in [2.75, 3.05) is 14.2 Å². The smallest absolute Gasteiger partial charge is 0.337 e. The first kappa shape index (κ1) is 15.6. The van der Waals surface area contributed by atoms with E-state index in [4.69, 9.17) is 9.47 Å². The number of aromatic nitrogens is 1. The number of fused-ring (bicyclic) bond motifs is 3. The van der Waals surface area contributed by atoms with Crippen LogP contribution in [0.3, 0.4) is 0 Å². The van der Waals surface area contributed by atoms with E-state index in [0.29, 0.717) is 5.56 Å². The molecule has 1 unspecified atom stereocenters. The lowest BCUT2D eigenvalue weighted by Gasteiger charge is -2.12. The van der Waals surface area contributed by atoms with Crippen LogP contribution in [0.25, 0.3) is 21.8 Å². The van der Waals surface area contributed by atoms with Crippen molar-refractivity contribution < 1.29 is 14.3 Å². The Kier molecular flexibility index (Phi) is 4.35. The summed E-state index contributed by atoms with van der Waals surface area (Å²) < 4.78 is 12.5. The van der Waals surface area contributed by atoms with Crippen molar-refractivity contribution >= 4 is 27.8 Å². The average molecular weight is 311 g/mol. The van der Waals surface area contributed by atoms with Crippen molar-refractivity contribution in [3.63, 3.8) is 0 Å². The van der Waals surface area contributed by atoms with E-state index in [-0.39, 0.29) is 12.1 Å². The monoisotopic (exact) mass is 311 g/mol. The van der Waals surface area contributed by atoms with Gasteiger partial charge in [-0.15, -0.1) is 0 Å². The molecule has 3 aromatic rings. The highest BCUT2D eigenvalue weighted by atomic mass is 16.5. The predicted octanol–water partition coefficient (Wildman–Crippen LogP) is 4.01. The van der Waals surface area contributed by atoms with Gasteiger partial charge in [0.25, 0.3) is 0 Å². The Labute approximate surface area is 135 Å². The first-order valence-corrected chi connectivity index (χ1v) is 7.77. The minimum absolute atomic E-state index is 0.190. The van der Waals surface area contributed by atoms with Gasteiger partial charge in [-0.25, -0.2) is 4.79 Å². The number of ether oxygens (including phenoxy) is 2. The largest absolute Gasteiger partial charge is 0.465 e. The fourth-order valence-electron chi connectivity index (χ4n) is 2.96. The summed E-state index contributed by atoms with van der Waals surface area (Å²) in [6.07, 6.45) is 1.10. The number of benzene rings is 2. The molecule has 0 amide bonds. The maximum Gasteiger partial charge on any atom is 0.337 e. The number of aryl methyl sites for hydroxylation is 1. The molecule has 0 bridgehead atoms. The van der Waals surface area contributed by atoms with Gasteiger partial charge >= 0.3 is 5.97 Å². The molecule has 0 fully saturated rings. The highest BCUT2D eigenvalue weighted by Gasteiger charge is 2.14. The van der Waals surface area contributed by atoms with Gasteiger partial charge in [-0.1, -0.05) is 24.3 Å². The molecule has 120 valence electrons. The van der Waals surface area contributed by atoms with Crippen molar-refractivity contribution in [1.29, 1.82) is 0 Å². The number of carbonyl (C=O) groups is 1. The summed E-state index contributed by atoms with van der Waals surface area (Å²) in [6, 6.07) is 14.1. The van der Waals surface area contributed by atoms with Gasteiger partial charge in [0.15, 0.2) is 0 Å². The molecular weight excluding hydrogens is 290 g/mol. The Hall–Kier alpha value is -2.33. The van der Waals surface area contributed by atoms with E-state index < -0.39 is 0 Å². The Morgan fingerprint density at radius 3 is 2.57 bits per heavy atom. The van der Waals surface area contributed by atoms with Crippen LogP contribution in [0.2, 0.25) is 0 Å². The minimum atomic E-state index is -0.311. The summed E-state index contributed by atoms with van der Waals surface area (Å²) in [4.78, 5) is 11.8. The number of hydrogen-bond acceptors (Lipinski definition) is 3. The molecule has 1 aromatic heterocycles. The fraction of sp³-hybridized carbons (Fsp3) is 0.316. The highest BCUT2D eigenvalue weighted by Crippen LogP contribution is 2.30. The van der Waals surface area contributed by atoms with E-state index >= 15 is 0 Å². The second kappa shape index (κ2) is 6.42. The maximum absolute atomic E-state index is 11.8. The van der Waals surface area contributed by atoms with Crippen LogP contribution in [0.15, 0.2) is 42.5 Å². The molecule has 3 rings (SSSR count). The van der Waals surface area contributed by atoms with Crippen molar-refractivity contribution in [2.24, 2.45) is 0 Å². The van der Waals surface area contributed by atoms with Crippen LogP contribution in [0, 0.1) is 0 Å². The number of hydrogen-bond donors (Lipinski definition) is 0. The Morgan fingerprint density at radius 2 is 1.83 bits per heavy atom. The van der Waals surface area contributed by atoms with Gasteiger partial charge in [0.2, 0.25) is 0 Å². The lowest BCUT2D eigenvalue weighted by molar-refractivity contribution is 0.0601. The third kappa shape index (κ3) is 2.82. The number of methoxy groups -OCH3 is 2. The Morgan fingerprint density at radius 1 is 1.09 bits per heavy atom. The van der Waals surface area contributed by atoms with E-state index in [1.165, 1.54) is 18.0 Å². The van der Waals surface area contributed by atoms with Crippen LogP contribution >= 0.6 is 0 Å². The molecule has 0 aliphatic heterocycles. The topological polar surface area (TPSA) is 40.5 Å². The molecule has 0 spiro atoms. The number of para-hydroxylation sites is 1. The van der Waals surface area contributed by atoms with E-state index in [1.54, 1.807) is 7.11 Å². The Bertz CT molecular complexity index is 850. The molecular formula is C19H21NO3. The second-order valence-corrected chi connectivity index (χ2v) is 5.73. The molecule has 0 saturated carbocycles. The van der Waals surface area contributed by atoms with Crippen LogP contribution in [0.5, 0.6) is 0 Å². The van der Waals surface area contributed by atoms with Crippen LogP contribution < -0.4 is 0 Å². The summed E-state index contributed by atoms with van der Waals surface area (Å²) in [7, 11) is 3.13. The van der Waals surface area contributed by atoms with E-state index in [2.05, 4.69) is 23.6 Å². The molecule has 1 atom stereocenters. The van der Waals surface area contributed by atoms with E-state index in [0.717, 1.165) is 23.9 Å². The van der Waals surface area contributed by atoms with Gasteiger partial charge in [0, 0.05) is 35.5 Å². The first-order chi connectivity index (χ1) is 11.2. The van der Waals surface area contributed by atoms with Crippen LogP contribution in [0.1, 0.15) is 23.7 Å². The summed E-state index contributed by atoms with van der Waals surface area (Å²) in [5.74, 6) is -0.311. The molecule has 1 heterocycles. The third-order valence-corrected chi connectivity index (χ3v) is 4.36. The van der Waals surface area contributed by atoms with Gasteiger partial charge < -0.3 is 14.0 Å². The lowest BCUT2D eigenvalue weighted by Crippen LogP contribution is -2.10. The van der Waals surface area contributed by atoms with Crippen LogP contribution in [-0.2, 0) is 16.0 Å². The van der Waals surface area contributed by atoms with Crippen LogP contribution in [0.4, 0.5) is 0 Å². The van der Waals surface area contributed by atoms with E-state index in [9.17, 15) is 4.79 Å². The lowest BCUT2D eigenvalue weighted by atomic mass is 10.1. The zero-order valence-corrected chi connectivity index (χ0v) is 13.7. The average Bonchev–Trinajstić information content (AvgIpc) is 2.92. The molecule has 0 saturated heterocycles. The van der Waals surface area contributed by atoms with E-state index in [1.807, 2.05) is 30.3 Å². The normalized spacial score (nSPS) is 12.7. The molecule has 4 heteroatoms. The van der Waals surface area contributed by atoms with Gasteiger partial charge in [-0.3, -0.25) is 0 Å². The SMILES string of the molecule is COC(=O)c1ccc2c3ccccc3n(CCC(C)OC)c2c1. The zero-order valence-electron chi connectivity index (χ0n) is 13.7. The maximum atomic E-state index is 11.8. The predicted molar refractivity (Wildman–Crippen MR) is 91.9 cm³/mol. The van der Waals surface area contributed by atoms with Crippen molar-refractivity contribution in [2.45, 2.75) is 26.0 Å². The highest BCUT2D eigenvalue weighted by molar-refractivity contribution is 6.09. The van der Waals surface area contributed by atoms with Gasteiger partial charge in [-0.05, 0) is 31.5 Å². The first-order valence-electron chi connectivity index (χ1n) is 7.77. The summed E-state index contributed by atoms with van der Waals surface area (Å²) >= 11 is 0. The second-order valence-electron chi connectivity index (χ2n) is 5.73. The van der Waals surface area contributed by atoms with Crippen molar-refractivity contribution in [3.05, 3.63) is 48.0 Å². The molecule has 0 aliphatic rings. The molecule has 0 radical (unpaired) electrons. The number of nitrogens with zero attached hydrogens (tertiary/aromatic N) is 1. The zero-order chi connectivity index (χ0) is 16.4. The van der Waals surface area contributed by atoms with Gasteiger partial charge in [-0.2, -0.15) is 0 Å².